The summed E-state index contributed by atoms with van der Waals surface area (Å²) in [6, 6.07) is 19.9. The van der Waals surface area contributed by atoms with Crippen molar-refractivity contribution in [1.29, 1.82) is 0 Å². The van der Waals surface area contributed by atoms with Crippen LogP contribution in [0.2, 0.25) is 5.02 Å². The number of unbranched alkanes of at least 4 members (excludes halogenated alkanes) is 1. The molecule has 0 saturated carbocycles. The molecule has 45 heavy (non-hydrogen) atoms. The number of carbonyl (C=O) groups is 1. The number of carbonyl (C=O) groups excluding carboxylic acids is 1. The summed E-state index contributed by atoms with van der Waals surface area (Å²) >= 11 is 6.07. The Hall–Kier alpha value is -3.55. The maximum absolute atomic E-state index is 12.9. The first-order valence-electron chi connectivity index (χ1n) is 16.3. The minimum atomic E-state index is -0.543. The van der Waals surface area contributed by atoms with Gasteiger partial charge in [0.15, 0.2) is 0 Å². The molecule has 0 aliphatic heterocycles. The monoisotopic (exact) mass is 632 g/mol. The second-order valence-corrected chi connectivity index (χ2v) is 12.9. The van der Waals surface area contributed by atoms with Gasteiger partial charge in [-0.3, -0.25) is 4.79 Å². The number of amides is 1. The number of aromatic nitrogens is 2. The summed E-state index contributed by atoms with van der Waals surface area (Å²) in [5.74, 6) is 2.27. The van der Waals surface area contributed by atoms with Gasteiger partial charge in [0.25, 0.3) is 0 Å². The highest BCUT2D eigenvalue weighted by molar-refractivity contribution is 6.30. The fourth-order valence-electron chi connectivity index (χ4n) is 5.10. The normalized spacial score (nSPS) is 11.7. The molecule has 0 atom stereocenters. The number of anilines is 1. The standard InChI is InChI=1S/C37H49ClN4O3/c1-7-10-22-42-33-26-30(44-23-11-21-41(8-2)9-3)17-19-31(33)39-35(42)28-14-18-32(40-36(43)37(4,5)6)34(25-28)45-24-20-27-12-15-29(38)16-13-27/h12-19,25-26H,7-11,20-24H2,1-6H3,(H,40,43). The highest BCUT2D eigenvalue weighted by Crippen LogP contribution is 2.34. The van der Waals surface area contributed by atoms with Crippen molar-refractivity contribution in [3.05, 3.63) is 71.2 Å². The van der Waals surface area contributed by atoms with Crippen molar-refractivity contribution in [2.75, 3.05) is 38.2 Å². The van der Waals surface area contributed by atoms with Gasteiger partial charge in [0.1, 0.15) is 17.3 Å². The summed E-state index contributed by atoms with van der Waals surface area (Å²) in [6.07, 6.45) is 3.79. The Bertz CT molecular complexity index is 1540. The van der Waals surface area contributed by atoms with Crippen LogP contribution in [0.3, 0.4) is 0 Å². The number of hydrogen-bond acceptors (Lipinski definition) is 5. The third-order valence-electron chi connectivity index (χ3n) is 7.97. The third kappa shape index (κ3) is 9.47. The average molecular weight is 633 g/mol. The van der Waals surface area contributed by atoms with Crippen LogP contribution in [0.5, 0.6) is 11.5 Å². The summed E-state index contributed by atoms with van der Waals surface area (Å²) in [5.41, 5.74) is 4.13. The number of fused-ring (bicyclic) bond motifs is 1. The molecule has 0 aliphatic carbocycles. The number of halogens is 1. The van der Waals surface area contributed by atoms with Gasteiger partial charge >= 0.3 is 0 Å². The molecular formula is C37H49ClN4O3. The lowest BCUT2D eigenvalue weighted by atomic mass is 9.95. The molecule has 1 heterocycles. The summed E-state index contributed by atoms with van der Waals surface area (Å²) in [7, 11) is 0. The van der Waals surface area contributed by atoms with Crippen LogP contribution in [-0.2, 0) is 17.8 Å². The second kappa shape index (κ2) is 16.1. The Morgan fingerprint density at radius 1 is 0.933 bits per heavy atom. The van der Waals surface area contributed by atoms with Crippen LogP contribution in [0.1, 0.15) is 66.4 Å². The Labute approximate surface area is 273 Å². The van der Waals surface area contributed by atoms with E-state index in [1.807, 2.05) is 75.4 Å². The molecule has 0 radical (unpaired) electrons. The SMILES string of the molecule is CCCCn1c(-c2ccc(NC(=O)C(C)(C)C)c(OCCc3ccc(Cl)cc3)c2)nc2ccc(OCCCN(CC)CC)cc21. The van der Waals surface area contributed by atoms with Gasteiger partial charge in [-0.05, 0) is 74.0 Å². The minimum absolute atomic E-state index is 0.0717. The Balaban J connectivity index is 1.63. The molecule has 1 amide bonds. The van der Waals surface area contributed by atoms with Crippen LogP contribution in [-0.4, -0.2) is 53.2 Å². The van der Waals surface area contributed by atoms with Crippen LogP contribution in [0, 0.1) is 5.41 Å². The highest BCUT2D eigenvalue weighted by atomic mass is 35.5. The van der Waals surface area contributed by atoms with Crippen molar-refractivity contribution in [2.45, 2.75) is 73.8 Å². The number of benzene rings is 3. The predicted molar refractivity (Wildman–Crippen MR) is 187 cm³/mol. The fraction of sp³-hybridized carbons (Fsp3) is 0.459. The lowest BCUT2D eigenvalue weighted by Crippen LogP contribution is -2.27. The molecule has 0 saturated heterocycles. The van der Waals surface area contributed by atoms with E-state index >= 15 is 0 Å². The smallest absolute Gasteiger partial charge is 0.229 e. The Morgan fingerprint density at radius 2 is 1.69 bits per heavy atom. The largest absolute Gasteiger partial charge is 0.493 e. The van der Waals surface area contributed by atoms with Crippen molar-refractivity contribution in [2.24, 2.45) is 5.41 Å². The van der Waals surface area contributed by atoms with Gasteiger partial charge in [-0.15, -0.1) is 0 Å². The summed E-state index contributed by atoms with van der Waals surface area (Å²) < 4.78 is 14.8. The van der Waals surface area contributed by atoms with Gasteiger partial charge < -0.3 is 24.3 Å². The van der Waals surface area contributed by atoms with Crippen molar-refractivity contribution in [1.82, 2.24) is 14.5 Å². The molecule has 0 fully saturated rings. The number of aryl methyl sites for hydroxylation is 1. The van der Waals surface area contributed by atoms with Gasteiger partial charge in [-0.25, -0.2) is 4.98 Å². The van der Waals surface area contributed by atoms with Crippen LogP contribution < -0.4 is 14.8 Å². The van der Waals surface area contributed by atoms with E-state index in [1.165, 1.54) is 0 Å². The van der Waals surface area contributed by atoms with E-state index in [9.17, 15) is 4.79 Å². The van der Waals surface area contributed by atoms with Crippen LogP contribution in [0.15, 0.2) is 60.7 Å². The Morgan fingerprint density at radius 3 is 2.38 bits per heavy atom. The van der Waals surface area contributed by atoms with E-state index in [4.69, 9.17) is 26.1 Å². The molecule has 242 valence electrons. The zero-order valence-electron chi connectivity index (χ0n) is 27.8. The van der Waals surface area contributed by atoms with Gasteiger partial charge in [0.2, 0.25) is 5.91 Å². The molecule has 1 aromatic heterocycles. The van der Waals surface area contributed by atoms with Gasteiger partial charge in [-0.1, -0.05) is 71.7 Å². The number of imidazole rings is 1. The van der Waals surface area contributed by atoms with E-state index in [0.717, 1.165) is 79.2 Å². The van der Waals surface area contributed by atoms with Crippen LogP contribution >= 0.6 is 11.6 Å². The number of rotatable bonds is 16. The molecule has 1 N–H and O–H groups in total. The molecule has 3 aromatic carbocycles. The topological polar surface area (TPSA) is 68.6 Å². The van der Waals surface area contributed by atoms with Gasteiger partial charge in [0, 0.05) is 41.6 Å². The first-order chi connectivity index (χ1) is 21.6. The lowest BCUT2D eigenvalue weighted by Gasteiger charge is -2.20. The molecule has 0 aliphatic rings. The van der Waals surface area contributed by atoms with Crippen molar-refractivity contribution >= 4 is 34.2 Å². The first-order valence-corrected chi connectivity index (χ1v) is 16.7. The van der Waals surface area contributed by atoms with E-state index in [2.05, 4.69) is 41.6 Å². The molecule has 7 nitrogen and oxygen atoms in total. The van der Waals surface area contributed by atoms with Crippen molar-refractivity contribution in [3.63, 3.8) is 0 Å². The molecular weight excluding hydrogens is 584 g/mol. The van der Waals surface area contributed by atoms with E-state index in [-0.39, 0.29) is 5.91 Å². The number of nitrogens with zero attached hydrogens (tertiary/aromatic N) is 3. The molecule has 8 heteroatoms. The maximum Gasteiger partial charge on any atom is 0.229 e. The van der Waals surface area contributed by atoms with Crippen LogP contribution in [0.25, 0.3) is 22.4 Å². The zero-order chi connectivity index (χ0) is 32.4. The van der Waals surface area contributed by atoms with Gasteiger partial charge in [0.05, 0.1) is 29.9 Å². The number of ether oxygens (including phenoxy) is 2. The van der Waals surface area contributed by atoms with Gasteiger partial charge in [-0.2, -0.15) is 0 Å². The fourth-order valence-corrected chi connectivity index (χ4v) is 5.22. The maximum atomic E-state index is 12.9. The quantitative estimate of drug-likeness (QED) is 0.125. The van der Waals surface area contributed by atoms with E-state index in [0.29, 0.717) is 36.1 Å². The Kier molecular flexibility index (Phi) is 12.3. The highest BCUT2D eigenvalue weighted by Gasteiger charge is 2.23. The summed E-state index contributed by atoms with van der Waals surface area (Å²) in [4.78, 5) is 20.4. The molecule has 0 spiro atoms. The van der Waals surface area contributed by atoms with Crippen molar-refractivity contribution in [3.8, 4) is 22.9 Å². The summed E-state index contributed by atoms with van der Waals surface area (Å²) in [5, 5.41) is 3.79. The molecule has 4 aromatic rings. The number of nitrogens with one attached hydrogen (secondary N) is 1. The summed E-state index contributed by atoms with van der Waals surface area (Å²) in [6.45, 7) is 17.4. The van der Waals surface area contributed by atoms with Crippen molar-refractivity contribution < 1.29 is 14.3 Å². The zero-order valence-corrected chi connectivity index (χ0v) is 28.5. The molecule has 0 unspecified atom stereocenters. The third-order valence-corrected chi connectivity index (χ3v) is 8.22. The van der Waals surface area contributed by atoms with E-state index < -0.39 is 5.41 Å². The second-order valence-electron chi connectivity index (χ2n) is 12.5. The number of hydrogen-bond donors (Lipinski definition) is 1. The predicted octanol–water partition coefficient (Wildman–Crippen LogP) is 8.87. The lowest BCUT2D eigenvalue weighted by molar-refractivity contribution is -0.123. The van der Waals surface area contributed by atoms with Crippen LogP contribution in [0.4, 0.5) is 5.69 Å². The molecule has 0 bridgehead atoms. The first kappa shape index (κ1) is 34.3. The average Bonchev–Trinajstić information content (AvgIpc) is 3.39. The molecule has 4 rings (SSSR count). The minimum Gasteiger partial charge on any atom is -0.493 e. The van der Waals surface area contributed by atoms with E-state index in [1.54, 1.807) is 0 Å².